The second-order valence-electron chi connectivity index (χ2n) is 8.06. The van der Waals surface area contributed by atoms with Gasteiger partial charge in [-0.1, -0.05) is 30.3 Å². The predicted molar refractivity (Wildman–Crippen MR) is 123 cm³/mol. The first kappa shape index (κ1) is 18.7. The molecule has 1 atom stereocenters. The average Bonchev–Trinajstić information content (AvgIpc) is 3.49. The standard InChI is InChI=1S/C24H21N7O/c1-15-7-5-10-17-19(15)24(32)31(16-8-3-2-4-9-16)22(29-17)18-11-6-12-30(18)23-20-21(26-13-25-20)27-14-28-23/h2-5,7-10,13-14,18H,6,11-12H2,1H3,(H,25,26,27,28). The van der Waals surface area contributed by atoms with Crippen LogP contribution < -0.4 is 10.5 Å². The fourth-order valence-electron chi connectivity index (χ4n) is 4.72. The number of imidazole rings is 1. The van der Waals surface area contributed by atoms with Gasteiger partial charge < -0.3 is 9.88 Å². The average molecular weight is 423 g/mol. The number of aryl methyl sites for hydroxylation is 1. The van der Waals surface area contributed by atoms with Crippen LogP contribution in [0.2, 0.25) is 0 Å². The van der Waals surface area contributed by atoms with E-state index in [-0.39, 0.29) is 11.6 Å². The lowest BCUT2D eigenvalue weighted by molar-refractivity contribution is 0.634. The van der Waals surface area contributed by atoms with Gasteiger partial charge in [0.1, 0.15) is 17.7 Å². The van der Waals surface area contributed by atoms with E-state index in [0.717, 1.165) is 53.3 Å². The van der Waals surface area contributed by atoms with Crippen LogP contribution in [0.1, 0.15) is 30.3 Å². The van der Waals surface area contributed by atoms with E-state index >= 15 is 0 Å². The Balaban J connectivity index is 1.61. The van der Waals surface area contributed by atoms with Crippen molar-refractivity contribution in [3.63, 3.8) is 0 Å². The highest BCUT2D eigenvalue weighted by Crippen LogP contribution is 2.37. The van der Waals surface area contributed by atoms with Gasteiger partial charge in [0.2, 0.25) is 0 Å². The number of fused-ring (bicyclic) bond motifs is 2. The zero-order chi connectivity index (χ0) is 21.7. The number of nitrogens with zero attached hydrogens (tertiary/aromatic N) is 6. The minimum atomic E-state index is -0.103. The molecular formula is C24H21N7O. The fraction of sp³-hybridized carbons (Fsp3) is 0.208. The maximum Gasteiger partial charge on any atom is 0.266 e. The van der Waals surface area contributed by atoms with E-state index in [2.05, 4.69) is 24.8 Å². The molecule has 5 aromatic rings. The van der Waals surface area contributed by atoms with Gasteiger partial charge in [-0.15, -0.1) is 0 Å². The van der Waals surface area contributed by atoms with Crippen LogP contribution in [0.4, 0.5) is 5.82 Å². The van der Waals surface area contributed by atoms with Crippen molar-refractivity contribution in [2.45, 2.75) is 25.8 Å². The van der Waals surface area contributed by atoms with E-state index in [1.54, 1.807) is 10.9 Å². The molecule has 0 spiro atoms. The molecule has 0 aliphatic carbocycles. The molecule has 4 heterocycles. The number of aromatic nitrogens is 6. The van der Waals surface area contributed by atoms with E-state index in [0.29, 0.717) is 11.0 Å². The number of H-pyrrole nitrogens is 1. The first-order valence-electron chi connectivity index (χ1n) is 10.7. The molecule has 2 aromatic carbocycles. The van der Waals surface area contributed by atoms with Crippen LogP contribution in [0.3, 0.4) is 0 Å². The summed E-state index contributed by atoms with van der Waals surface area (Å²) in [5.74, 6) is 1.51. The Morgan fingerprint density at radius 2 is 1.91 bits per heavy atom. The first-order chi connectivity index (χ1) is 15.7. The number of para-hydroxylation sites is 1. The van der Waals surface area contributed by atoms with E-state index in [9.17, 15) is 4.79 Å². The third-order valence-electron chi connectivity index (χ3n) is 6.17. The third-order valence-corrected chi connectivity index (χ3v) is 6.17. The van der Waals surface area contributed by atoms with Crippen molar-refractivity contribution in [1.29, 1.82) is 0 Å². The normalized spacial score (nSPS) is 16.3. The lowest BCUT2D eigenvalue weighted by Gasteiger charge is -2.27. The molecule has 1 saturated heterocycles. The van der Waals surface area contributed by atoms with Crippen molar-refractivity contribution < 1.29 is 0 Å². The highest BCUT2D eigenvalue weighted by atomic mass is 16.1. The van der Waals surface area contributed by atoms with Crippen molar-refractivity contribution in [3.8, 4) is 5.69 Å². The van der Waals surface area contributed by atoms with Gasteiger partial charge in [-0.3, -0.25) is 9.36 Å². The van der Waals surface area contributed by atoms with Gasteiger partial charge in [-0.25, -0.2) is 19.9 Å². The lowest BCUT2D eigenvalue weighted by Crippen LogP contribution is -2.32. The van der Waals surface area contributed by atoms with Crippen molar-refractivity contribution in [2.75, 3.05) is 11.4 Å². The molecule has 1 aliphatic rings. The third kappa shape index (κ3) is 2.80. The van der Waals surface area contributed by atoms with Crippen LogP contribution in [0.25, 0.3) is 27.8 Å². The zero-order valence-electron chi connectivity index (χ0n) is 17.6. The smallest absolute Gasteiger partial charge is 0.266 e. The molecule has 3 aromatic heterocycles. The van der Waals surface area contributed by atoms with Gasteiger partial charge in [-0.05, 0) is 43.5 Å². The molecule has 1 unspecified atom stereocenters. The van der Waals surface area contributed by atoms with Gasteiger partial charge in [0.05, 0.1) is 29.0 Å². The SMILES string of the molecule is Cc1cccc2nc(C3CCCN3c3ncnc4nc[nH]c34)n(-c3ccccc3)c(=O)c12. The molecule has 1 fully saturated rings. The summed E-state index contributed by atoms with van der Waals surface area (Å²) < 4.78 is 1.77. The monoisotopic (exact) mass is 423 g/mol. The van der Waals surface area contributed by atoms with Crippen LogP contribution in [-0.2, 0) is 0 Å². The molecule has 0 amide bonds. The summed E-state index contributed by atoms with van der Waals surface area (Å²) in [7, 11) is 0. The number of aromatic amines is 1. The van der Waals surface area contributed by atoms with Gasteiger partial charge in [-0.2, -0.15) is 0 Å². The zero-order valence-corrected chi connectivity index (χ0v) is 17.6. The number of rotatable bonds is 3. The van der Waals surface area contributed by atoms with E-state index in [1.807, 2.05) is 55.5 Å². The Kier molecular flexibility index (Phi) is 4.24. The summed E-state index contributed by atoms with van der Waals surface area (Å²) in [5.41, 5.74) is 3.84. The molecule has 158 valence electrons. The number of benzene rings is 2. The van der Waals surface area contributed by atoms with Gasteiger partial charge in [0.25, 0.3) is 5.56 Å². The molecule has 1 N–H and O–H groups in total. The topological polar surface area (TPSA) is 92.6 Å². The van der Waals surface area contributed by atoms with Gasteiger partial charge in [0, 0.05) is 6.54 Å². The molecule has 8 nitrogen and oxygen atoms in total. The van der Waals surface area contributed by atoms with Crippen molar-refractivity contribution in [1.82, 2.24) is 29.5 Å². The highest BCUT2D eigenvalue weighted by molar-refractivity contribution is 5.84. The summed E-state index contributed by atoms with van der Waals surface area (Å²) >= 11 is 0. The molecular weight excluding hydrogens is 402 g/mol. The molecule has 1 aliphatic heterocycles. The van der Waals surface area contributed by atoms with Crippen molar-refractivity contribution in [3.05, 3.63) is 82.9 Å². The van der Waals surface area contributed by atoms with E-state index < -0.39 is 0 Å². The van der Waals surface area contributed by atoms with Crippen LogP contribution >= 0.6 is 0 Å². The molecule has 6 rings (SSSR count). The van der Waals surface area contributed by atoms with E-state index in [1.165, 1.54) is 6.33 Å². The largest absolute Gasteiger partial charge is 0.345 e. The number of hydrogen-bond donors (Lipinski definition) is 1. The Morgan fingerprint density at radius 3 is 2.78 bits per heavy atom. The van der Waals surface area contributed by atoms with Crippen LogP contribution in [0.15, 0.2) is 66.0 Å². The first-order valence-corrected chi connectivity index (χ1v) is 10.7. The molecule has 0 radical (unpaired) electrons. The Bertz CT molecular complexity index is 1510. The summed E-state index contributed by atoms with van der Waals surface area (Å²) in [5, 5.41) is 0.655. The maximum absolute atomic E-state index is 13.8. The predicted octanol–water partition coefficient (Wildman–Crippen LogP) is 3.70. The van der Waals surface area contributed by atoms with Crippen LogP contribution in [0.5, 0.6) is 0 Å². The van der Waals surface area contributed by atoms with E-state index in [4.69, 9.17) is 4.98 Å². The summed E-state index contributed by atoms with van der Waals surface area (Å²) in [6.45, 7) is 2.77. The molecule has 32 heavy (non-hydrogen) atoms. The maximum atomic E-state index is 13.8. The number of nitrogens with one attached hydrogen (secondary N) is 1. The second-order valence-corrected chi connectivity index (χ2v) is 8.06. The Morgan fingerprint density at radius 1 is 1.03 bits per heavy atom. The van der Waals surface area contributed by atoms with Crippen LogP contribution in [0, 0.1) is 6.92 Å². The molecule has 0 saturated carbocycles. The Labute approximate surface area is 183 Å². The summed E-state index contributed by atoms with van der Waals surface area (Å²) in [6, 6.07) is 15.5. The van der Waals surface area contributed by atoms with Gasteiger partial charge in [0.15, 0.2) is 11.5 Å². The van der Waals surface area contributed by atoms with Crippen molar-refractivity contribution in [2.24, 2.45) is 0 Å². The fourth-order valence-corrected chi connectivity index (χ4v) is 4.72. The summed E-state index contributed by atoms with van der Waals surface area (Å²) in [4.78, 5) is 37.3. The number of anilines is 1. The molecule has 0 bridgehead atoms. The molecule has 8 heteroatoms. The van der Waals surface area contributed by atoms with Crippen LogP contribution in [-0.4, -0.2) is 36.0 Å². The minimum Gasteiger partial charge on any atom is -0.345 e. The van der Waals surface area contributed by atoms with Crippen molar-refractivity contribution >= 4 is 27.9 Å². The quantitative estimate of drug-likeness (QED) is 0.476. The number of hydrogen-bond acceptors (Lipinski definition) is 6. The lowest BCUT2D eigenvalue weighted by atomic mass is 10.1. The second kappa shape index (κ2) is 7.26. The Hall–Kier alpha value is -4.07. The highest BCUT2D eigenvalue weighted by Gasteiger charge is 2.33. The van der Waals surface area contributed by atoms with Gasteiger partial charge >= 0.3 is 0 Å². The summed E-state index contributed by atoms with van der Waals surface area (Å²) in [6.07, 6.45) is 5.01. The minimum absolute atomic E-state index is 0.0458.